The van der Waals surface area contributed by atoms with Crippen LogP contribution in [0.3, 0.4) is 0 Å². The van der Waals surface area contributed by atoms with Gasteiger partial charge in [0.25, 0.3) is 11.8 Å². The van der Waals surface area contributed by atoms with E-state index >= 15 is 0 Å². The Balaban J connectivity index is 1.63. The Morgan fingerprint density at radius 3 is 2.63 bits per heavy atom. The van der Waals surface area contributed by atoms with Crippen LogP contribution in [0.15, 0.2) is 46.4 Å². The van der Waals surface area contributed by atoms with E-state index in [1.807, 2.05) is 12.1 Å². The fraction of sp³-hybridized carbons (Fsp3) is 0.250. The fourth-order valence-electron chi connectivity index (χ4n) is 3.53. The van der Waals surface area contributed by atoms with E-state index in [-0.39, 0.29) is 11.6 Å². The zero-order chi connectivity index (χ0) is 19.0. The molecule has 2 aromatic rings. The van der Waals surface area contributed by atoms with Crippen LogP contribution in [0.4, 0.5) is 4.79 Å². The minimum Gasteiger partial charge on any atom is -0.457 e. The van der Waals surface area contributed by atoms with Crippen molar-refractivity contribution in [2.45, 2.75) is 31.7 Å². The zero-order valence-corrected chi connectivity index (χ0v) is 15.2. The minimum atomic E-state index is -0.708. The van der Waals surface area contributed by atoms with E-state index < -0.39 is 17.8 Å². The highest BCUT2D eigenvalue weighted by Crippen LogP contribution is 2.29. The van der Waals surface area contributed by atoms with Gasteiger partial charge >= 0.3 is 6.03 Å². The summed E-state index contributed by atoms with van der Waals surface area (Å²) in [5.41, 5.74) is 0.683. The van der Waals surface area contributed by atoms with Gasteiger partial charge in [-0.25, -0.2) is 4.79 Å². The predicted molar refractivity (Wildman–Crippen MR) is 99.8 cm³/mol. The first-order valence-electron chi connectivity index (χ1n) is 8.79. The zero-order valence-electron chi connectivity index (χ0n) is 14.4. The molecule has 4 amide bonds. The van der Waals surface area contributed by atoms with Crippen LogP contribution in [0.5, 0.6) is 0 Å². The monoisotopic (exact) mass is 384 g/mol. The summed E-state index contributed by atoms with van der Waals surface area (Å²) >= 11 is 6.00. The molecule has 6 nitrogen and oxygen atoms in total. The van der Waals surface area contributed by atoms with Gasteiger partial charge in [0, 0.05) is 16.6 Å². The number of imide groups is 2. The van der Waals surface area contributed by atoms with E-state index in [0.717, 1.165) is 31.2 Å². The minimum absolute atomic E-state index is 0.103. The first kappa shape index (κ1) is 17.5. The van der Waals surface area contributed by atoms with Gasteiger partial charge in [0.15, 0.2) is 0 Å². The molecule has 7 heteroatoms. The Bertz CT molecular complexity index is 956. The smallest absolute Gasteiger partial charge is 0.331 e. The summed E-state index contributed by atoms with van der Waals surface area (Å²) in [6.07, 6.45) is 4.84. The Morgan fingerprint density at radius 2 is 1.89 bits per heavy atom. The number of nitrogens with zero attached hydrogens (tertiary/aromatic N) is 1. The number of hydrogen-bond acceptors (Lipinski definition) is 4. The van der Waals surface area contributed by atoms with Gasteiger partial charge in [0.2, 0.25) is 0 Å². The summed E-state index contributed by atoms with van der Waals surface area (Å²) in [6.45, 7) is 0. The van der Waals surface area contributed by atoms with Gasteiger partial charge in [0.1, 0.15) is 17.1 Å². The number of benzene rings is 1. The Labute approximate surface area is 160 Å². The predicted octanol–water partition coefficient (Wildman–Crippen LogP) is 4.00. The third kappa shape index (κ3) is 3.40. The molecule has 1 saturated heterocycles. The van der Waals surface area contributed by atoms with Crippen LogP contribution in [0.1, 0.15) is 31.4 Å². The molecule has 4 rings (SSSR count). The standard InChI is InChI=1S/C20H17ClN2O4/c21-13-5-3-4-12(10-13)17-9-8-15(27-17)11-16-18(24)22-20(26)23(19(16)25)14-6-1-2-7-14/h3-5,8-11,14H,1-2,6-7H2,(H,22,24,26)/b16-11+. The Kier molecular flexibility index (Phi) is 4.58. The second-order valence-electron chi connectivity index (χ2n) is 6.64. The average Bonchev–Trinajstić information content (AvgIpc) is 3.30. The van der Waals surface area contributed by atoms with Crippen molar-refractivity contribution in [3.05, 3.63) is 52.8 Å². The number of carbonyl (C=O) groups excluding carboxylic acids is 3. The van der Waals surface area contributed by atoms with Gasteiger partial charge in [0.05, 0.1) is 0 Å². The van der Waals surface area contributed by atoms with Crippen LogP contribution in [0.25, 0.3) is 17.4 Å². The number of amides is 4. The van der Waals surface area contributed by atoms with E-state index in [2.05, 4.69) is 5.32 Å². The van der Waals surface area contributed by atoms with Crippen molar-refractivity contribution in [2.75, 3.05) is 0 Å². The lowest BCUT2D eigenvalue weighted by molar-refractivity contribution is -0.131. The summed E-state index contributed by atoms with van der Waals surface area (Å²) in [5.74, 6) is -0.364. The second kappa shape index (κ2) is 7.04. The summed E-state index contributed by atoms with van der Waals surface area (Å²) in [7, 11) is 0. The molecular formula is C20H17ClN2O4. The SMILES string of the molecule is O=C1NC(=O)N(C2CCCC2)C(=O)/C1=C/c1ccc(-c2cccc(Cl)c2)o1. The molecular weight excluding hydrogens is 368 g/mol. The molecule has 0 bridgehead atoms. The normalized spacial score (nSPS) is 19.8. The number of rotatable bonds is 3. The number of carbonyl (C=O) groups is 3. The van der Waals surface area contributed by atoms with Crippen molar-refractivity contribution < 1.29 is 18.8 Å². The molecule has 1 aliphatic heterocycles. The summed E-state index contributed by atoms with van der Waals surface area (Å²) in [4.78, 5) is 38.3. The molecule has 2 aliphatic rings. The molecule has 27 heavy (non-hydrogen) atoms. The van der Waals surface area contributed by atoms with Crippen molar-refractivity contribution in [2.24, 2.45) is 0 Å². The molecule has 0 atom stereocenters. The van der Waals surface area contributed by atoms with Crippen LogP contribution in [0, 0.1) is 0 Å². The molecule has 0 unspecified atom stereocenters. The highest BCUT2D eigenvalue weighted by Gasteiger charge is 2.40. The van der Waals surface area contributed by atoms with E-state index in [4.69, 9.17) is 16.0 Å². The van der Waals surface area contributed by atoms with E-state index in [1.54, 1.807) is 24.3 Å². The quantitative estimate of drug-likeness (QED) is 0.640. The molecule has 1 aromatic carbocycles. The van der Waals surface area contributed by atoms with E-state index in [1.165, 1.54) is 11.0 Å². The number of halogens is 1. The maximum Gasteiger partial charge on any atom is 0.331 e. The van der Waals surface area contributed by atoms with Gasteiger partial charge in [-0.3, -0.25) is 19.8 Å². The third-order valence-electron chi connectivity index (χ3n) is 4.85. The van der Waals surface area contributed by atoms with Gasteiger partial charge in [-0.1, -0.05) is 36.6 Å². The lowest BCUT2D eigenvalue weighted by atomic mass is 10.1. The van der Waals surface area contributed by atoms with Crippen molar-refractivity contribution in [1.82, 2.24) is 10.2 Å². The lowest BCUT2D eigenvalue weighted by Crippen LogP contribution is -2.57. The number of nitrogens with one attached hydrogen (secondary N) is 1. The molecule has 1 saturated carbocycles. The lowest BCUT2D eigenvalue weighted by Gasteiger charge is -2.30. The molecule has 1 aromatic heterocycles. The third-order valence-corrected chi connectivity index (χ3v) is 5.08. The van der Waals surface area contributed by atoms with Crippen LogP contribution in [0.2, 0.25) is 5.02 Å². The summed E-state index contributed by atoms with van der Waals surface area (Å²) in [5, 5.41) is 2.83. The van der Waals surface area contributed by atoms with Crippen LogP contribution >= 0.6 is 11.6 Å². The van der Waals surface area contributed by atoms with Crippen molar-refractivity contribution in [3.8, 4) is 11.3 Å². The van der Waals surface area contributed by atoms with Gasteiger partial charge < -0.3 is 4.42 Å². The topological polar surface area (TPSA) is 79.6 Å². The second-order valence-corrected chi connectivity index (χ2v) is 7.08. The number of hydrogen-bond donors (Lipinski definition) is 1. The highest BCUT2D eigenvalue weighted by atomic mass is 35.5. The molecule has 1 aliphatic carbocycles. The molecule has 2 fully saturated rings. The maximum atomic E-state index is 12.8. The number of barbiturate groups is 1. The van der Waals surface area contributed by atoms with Crippen LogP contribution < -0.4 is 5.32 Å². The summed E-state index contributed by atoms with van der Waals surface area (Å²) in [6, 6.07) is 9.78. The molecule has 138 valence electrons. The van der Waals surface area contributed by atoms with E-state index in [0.29, 0.717) is 16.5 Å². The van der Waals surface area contributed by atoms with E-state index in [9.17, 15) is 14.4 Å². The van der Waals surface area contributed by atoms with Gasteiger partial charge in [-0.05, 0) is 43.2 Å². The highest BCUT2D eigenvalue weighted by molar-refractivity contribution is 6.31. The molecule has 1 N–H and O–H groups in total. The first-order chi connectivity index (χ1) is 13.0. The fourth-order valence-corrected chi connectivity index (χ4v) is 3.73. The maximum absolute atomic E-state index is 12.8. The largest absolute Gasteiger partial charge is 0.457 e. The molecule has 0 spiro atoms. The van der Waals surface area contributed by atoms with Crippen molar-refractivity contribution in [3.63, 3.8) is 0 Å². The molecule has 2 heterocycles. The first-order valence-corrected chi connectivity index (χ1v) is 9.17. The molecule has 0 radical (unpaired) electrons. The Hall–Kier alpha value is -2.86. The number of urea groups is 1. The van der Waals surface area contributed by atoms with Gasteiger partial charge in [-0.2, -0.15) is 0 Å². The van der Waals surface area contributed by atoms with Crippen molar-refractivity contribution >= 4 is 35.5 Å². The summed E-state index contributed by atoms with van der Waals surface area (Å²) < 4.78 is 5.74. The number of furan rings is 1. The van der Waals surface area contributed by atoms with Crippen LogP contribution in [-0.4, -0.2) is 28.8 Å². The van der Waals surface area contributed by atoms with Crippen LogP contribution in [-0.2, 0) is 9.59 Å². The van der Waals surface area contributed by atoms with Crippen molar-refractivity contribution in [1.29, 1.82) is 0 Å². The Morgan fingerprint density at radius 1 is 1.11 bits per heavy atom. The average molecular weight is 385 g/mol. The van der Waals surface area contributed by atoms with Gasteiger partial charge in [-0.15, -0.1) is 0 Å².